The van der Waals surface area contributed by atoms with Gasteiger partial charge in [-0.3, -0.25) is 4.90 Å². The SMILES string of the molecule is N#CCC1(N2CCC(NC3CC3)CC2)CNC1. The summed E-state index contributed by atoms with van der Waals surface area (Å²) in [5.41, 5.74) is 0.166. The summed E-state index contributed by atoms with van der Waals surface area (Å²) < 4.78 is 0. The van der Waals surface area contributed by atoms with E-state index in [2.05, 4.69) is 21.6 Å². The van der Waals surface area contributed by atoms with Gasteiger partial charge in [0.25, 0.3) is 0 Å². The van der Waals surface area contributed by atoms with E-state index < -0.39 is 0 Å². The van der Waals surface area contributed by atoms with Crippen LogP contribution < -0.4 is 10.6 Å². The van der Waals surface area contributed by atoms with Crippen molar-refractivity contribution < 1.29 is 0 Å². The second-order valence-electron chi connectivity index (χ2n) is 5.87. The minimum absolute atomic E-state index is 0.166. The lowest BCUT2D eigenvalue weighted by Crippen LogP contribution is -2.70. The molecule has 0 aromatic carbocycles. The third-order valence-electron chi connectivity index (χ3n) is 4.53. The van der Waals surface area contributed by atoms with Crippen LogP contribution in [0.15, 0.2) is 0 Å². The molecule has 3 rings (SSSR count). The van der Waals surface area contributed by atoms with Gasteiger partial charge in [0.2, 0.25) is 0 Å². The second-order valence-corrected chi connectivity index (χ2v) is 5.87. The Morgan fingerprint density at radius 3 is 2.29 bits per heavy atom. The van der Waals surface area contributed by atoms with Gasteiger partial charge in [-0.2, -0.15) is 5.26 Å². The highest BCUT2D eigenvalue weighted by atomic mass is 15.3. The minimum atomic E-state index is 0.166. The summed E-state index contributed by atoms with van der Waals surface area (Å²) in [6.07, 6.45) is 5.94. The van der Waals surface area contributed by atoms with Crippen molar-refractivity contribution in [1.82, 2.24) is 15.5 Å². The first-order valence-corrected chi connectivity index (χ1v) is 6.91. The van der Waals surface area contributed by atoms with Gasteiger partial charge in [-0.1, -0.05) is 0 Å². The molecule has 0 atom stereocenters. The van der Waals surface area contributed by atoms with Gasteiger partial charge >= 0.3 is 0 Å². The molecule has 2 aliphatic heterocycles. The van der Waals surface area contributed by atoms with Crippen molar-refractivity contribution in [2.24, 2.45) is 0 Å². The lowest BCUT2D eigenvalue weighted by atomic mass is 9.85. The summed E-state index contributed by atoms with van der Waals surface area (Å²) in [6.45, 7) is 4.32. The molecule has 0 spiro atoms. The van der Waals surface area contributed by atoms with Crippen LogP contribution >= 0.6 is 0 Å². The van der Waals surface area contributed by atoms with E-state index in [1.54, 1.807) is 0 Å². The van der Waals surface area contributed by atoms with E-state index in [9.17, 15) is 0 Å². The Hall–Kier alpha value is -0.630. The highest BCUT2D eigenvalue weighted by molar-refractivity contribution is 5.08. The summed E-state index contributed by atoms with van der Waals surface area (Å²) in [5.74, 6) is 0. The first-order valence-electron chi connectivity index (χ1n) is 6.91. The molecule has 0 radical (unpaired) electrons. The first-order chi connectivity index (χ1) is 8.32. The van der Waals surface area contributed by atoms with Gasteiger partial charge in [0.15, 0.2) is 0 Å². The Labute approximate surface area is 103 Å². The van der Waals surface area contributed by atoms with Crippen molar-refractivity contribution in [3.63, 3.8) is 0 Å². The fourth-order valence-electron chi connectivity index (χ4n) is 3.12. The largest absolute Gasteiger partial charge is 0.313 e. The zero-order valence-corrected chi connectivity index (χ0v) is 10.4. The molecular weight excluding hydrogens is 212 g/mol. The molecule has 3 fully saturated rings. The molecule has 0 aromatic heterocycles. The third-order valence-corrected chi connectivity index (χ3v) is 4.53. The van der Waals surface area contributed by atoms with E-state index in [1.165, 1.54) is 25.7 Å². The molecule has 1 aliphatic carbocycles. The maximum absolute atomic E-state index is 8.96. The Morgan fingerprint density at radius 2 is 1.82 bits per heavy atom. The molecular formula is C13H22N4. The maximum atomic E-state index is 8.96. The number of rotatable bonds is 4. The second kappa shape index (κ2) is 4.56. The number of nitrogens with one attached hydrogen (secondary N) is 2. The average Bonchev–Trinajstić information content (AvgIpc) is 3.09. The van der Waals surface area contributed by atoms with Gasteiger partial charge < -0.3 is 10.6 Å². The molecule has 0 aromatic rings. The van der Waals surface area contributed by atoms with Crippen LogP contribution in [0.1, 0.15) is 32.1 Å². The summed E-state index contributed by atoms with van der Waals surface area (Å²) in [6, 6.07) is 3.92. The first kappa shape index (κ1) is 11.5. The highest BCUT2D eigenvalue weighted by Crippen LogP contribution is 2.29. The van der Waals surface area contributed by atoms with E-state index in [0.717, 1.165) is 38.3 Å². The molecule has 0 amide bonds. The van der Waals surface area contributed by atoms with Crippen molar-refractivity contribution in [3.05, 3.63) is 0 Å². The quantitative estimate of drug-likeness (QED) is 0.742. The number of hydrogen-bond acceptors (Lipinski definition) is 4. The normalized spacial score (nSPS) is 29.6. The van der Waals surface area contributed by atoms with Gasteiger partial charge in [0.1, 0.15) is 0 Å². The topological polar surface area (TPSA) is 51.1 Å². The summed E-state index contributed by atoms with van der Waals surface area (Å²) >= 11 is 0. The Morgan fingerprint density at radius 1 is 1.18 bits per heavy atom. The number of nitrogens with zero attached hydrogens (tertiary/aromatic N) is 2. The lowest BCUT2D eigenvalue weighted by molar-refractivity contribution is 0.0183. The van der Waals surface area contributed by atoms with Crippen LogP contribution in [-0.4, -0.2) is 48.7 Å². The number of hydrogen-bond donors (Lipinski definition) is 2. The van der Waals surface area contributed by atoms with Gasteiger partial charge in [0, 0.05) is 38.3 Å². The van der Waals surface area contributed by atoms with Crippen molar-refractivity contribution in [1.29, 1.82) is 5.26 Å². The lowest BCUT2D eigenvalue weighted by Gasteiger charge is -2.52. The van der Waals surface area contributed by atoms with Crippen molar-refractivity contribution in [3.8, 4) is 6.07 Å². The molecule has 17 heavy (non-hydrogen) atoms. The van der Waals surface area contributed by atoms with E-state index >= 15 is 0 Å². The van der Waals surface area contributed by atoms with Gasteiger partial charge in [-0.05, 0) is 25.7 Å². The van der Waals surface area contributed by atoms with Crippen molar-refractivity contribution in [2.45, 2.75) is 49.7 Å². The van der Waals surface area contributed by atoms with E-state index in [0.29, 0.717) is 6.42 Å². The zero-order chi connectivity index (χ0) is 11.7. The molecule has 1 saturated carbocycles. The molecule has 0 unspecified atom stereocenters. The van der Waals surface area contributed by atoms with Crippen LogP contribution in [-0.2, 0) is 0 Å². The molecule has 3 aliphatic rings. The van der Waals surface area contributed by atoms with E-state index in [1.807, 2.05) is 0 Å². The predicted octanol–water partition coefficient (Wildman–Crippen LogP) is 0.458. The highest BCUT2D eigenvalue weighted by Gasteiger charge is 2.43. The summed E-state index contributed by atoms with van der Waals surface area (Å²) in [7, 11) is 0. The summed E-state index contributed by atoms with van der Waals surface area (Å²) in [4.78, 5) is 2.55. The van der Waals surface area contributed by atoms with Crippen molar-refractivity contribution in [2.75, 3.05) is 26.2 Å². The molecule has 0 bridgehead atoms. The van der Waals surface area contributed by atoms with Crippen LogP contribution in [0.2, 0.25) is 0 Å². The van der Waals surface area contributed by atoms with Crippen LogP contribution in [0, 0.1) is 11.3 Å². The van der Waals surface area contributed by atoms with Gasteiger partial charge in [-0.25, -0.2) is 0 Å². The third kappa shape index (κ3) is 2.33. The zero-order valence-electron chi connectivity index (χ0n) is 10.4. The molecule has 2 heterocycles. The predicted molar refractivity (Wildman–Crippen MR) is 66.6 cm³/mol. The van der Waals surface area contributed by atoms with Crippen LogP contribution in [0.3, 0.4) is 0 Å². The molecule has 2 saturated heterocycles. The standard InChI is InChI=1S/C13H22N4/c14-6-5-13(9-15-10-13)17-7-3-12(4-8-17)16-11-1-2-11/h11-12,15-16H,1-5,7-10H2. The van der Waals surface area contributed by atoms with E-state index in [4.69, 9.17) is 5.26 Å². The molecule has 4 nitrogen and oxygen atoms in total. The van der Waals surface area contributed by atoms with Crippen molar-refractivity contribution >= 4 is 0 Å². The number of nitriles is 1. The average molecular weight is 234 g/mol. The monoisotopic (exact) mass is 234 g/mol. The Bertz CT molecular complexity index is 306. The van der Waals surface area contributed by atoms with Gasteiger partial charge in [0.05, 0.1) is 18.0 Å². The van der Waals surface area contributed by atoms with Crippen LogP contribution in [0.5, 0.6) is 0 Å². The molecule has 94 valence electrons. The fraction of sp³-hybridized carbons (Fsp3) is 0.923. The van der Waals surface area contributed by atoms with Gasteiger partial charge in [-0.15, -0.1) is 0 Å². The Balaban J connectivity index is 1.51. The van der Waals surface area contributed by atoms with E-state index in [-0.39, 0.29) is 5.54 Å². The Kier molecular flexibility index (Phi) is 3.08. The summed E-state index contributed by atoms with van der Waals surface area (Å²) in [5, 5.41) is 16.0. The molecule has 2 N–H and O–H groups in total. The van der Waals surface area contributed by atoms with Crippen LogP contribution in [0.4, 0.5) is 0 Å². The number of likely N-dealkylation sites (tertiary alicyclic amines) is 1. The smallest absolute Gasteiger partial charge is 0.0642 e. The maximum Gasteiger partial charge on any atom is 0.0642 e. The number of piperidine rings is 1. The van der Waals surface area contributed by atoms with Crippen LogP contribution in [0.25, 0.3) is 0 Å². The fourth-order valence-corrected chi connectivity index (χ4v) is 3.12. The molecule has 4 heteroatoms. The minimum Gasteiger partial charge on any atom is -0.313 e.